The summed E-state index contributed by atoms with van der Waals surface area (Å²) in [5, 5.41) is 4.11. The number of ether oxygens (including phenoxy) is 1. The van der Waals surface area contributed by atoms with Gasteiger partial charge in [0.25, 0.3) is 5.91 Å². The molecule has 0 atom stereocenters. The molecule has 0 spiro atoms. The second-order valence-electron chi connectivity index (χ2n) is 6.54. The maximum atomic E-state index is 12.1. The van der Waals surface area contributed by atoms with Crippen LogP contribution >= 0.6 is 0 Å². The first-order chi connectivity index (χ1) is 13.3. The van der Waals surface area contributed by atoms with Crippen LogP contribution in [0.1, 0.15) is 47.7 Å². The standard InChI is InChI=1S/C21H26N4O2/c1-2-27-20-18(15-23-24-21(26)17-9-11-22-12-10-17)7-6-8-19(20)16-25-13-4-3-5-14-25/h6-12,15H,2-5,13-14,16H2,1H3,(H,24,26)/b23-15+. The topological polar surface area (TPSA) is 66.8 Å². The minimum Gasteiger partial charge on any atom is -0.493 e. The van der Waals surface area contributed by atoms with Crippen LogP contribution in [0, 0.1) is 0 Å². The average Bonchev–Trinajstić information content (AvgIpc) is 2.71. The molecule has 1 aromatic carbocycles. The number of hydrazone groups is 1. The average molecular weight is 366 g/mol. The van der Waals surface area contributed by atoms with Gasteiger partial charge in [0, 0.05) is 35.6 Å². The summed E-state index contributed by atoms with van der Waals surface area (Å²) in [5.74, 6) is 0.573. The largest absolute Gasteiger partial charge is 0.493 e. The minimum atomic E-state index is -0.268. The van der Waals surface area contributed by atoms with Crippen LogP contribution in [0.4, 0.5) is 0 Å². The van der Waals surface area contributed by atoms with Crippen LogP contribution in [-0.2, 0) is 6.54 Å². The molecule has 0 aliphatic carbocycles. The maximum absolute atomic E-state index is 12.1. The molecule has 2 aromatic rings. The molecule has 1 aliphatic rings. The zero-order valence-corrected chi connectivity index (χ0v) is 15.7. The molecule has 3 rings (SSSR count). The van der Waals surface area contributed by atoms with Crippen molar-refractivity contribution in [2.45, 2.75) is 32.7 Å². The Morgan fingerprint density at radius 2 is 2.00 bits per heavy atom. The van der Waals surface area contributed by atoms with Gasteiger partial charge in [-0.3, -0.25) is 14.7 Å². The SMILES string of the molecule is CCOc1c(/C=N/NC(=O)c2ccncc2)cccc1CN1CCCCC1. The van der Waals surface area contributed by atoms with Crippen LogP contribution in [0.5, 0.6) is 5.75 Å². The van der Waals surface area contributed by atoms with E-state index in [1.165, 1.54) is 19.3 Å². The molecule has 142 valence electrons. The van der Waals surface area contributed by atoms with Crippen molar-refractivity contribution < 1.29 is 9.53 Å². The van der Waals surface area contributed by atoms with Crippen LogP contribution in [0.15, 0.2) is 47.8 Å². The zero-order valence-electron chi connectivity index (χ0n) is 15.7. The molecule has 0 unspecified atom stereocenters. The number of pyridine rings is 1. The number of nitrogens with zero attached hydrogens (tertiary/aromatic N) is 3. The molecular weight excluding hydrogens is 340 g/mol. The molecule has 27 heavy (non-hydrogen) atoms. The summed E-state index contributed by atoms with van der Waals surface area (Å²) >= 11 is 0. The molecule has 6 heteroatoms. The van der Waals surface area contributed by atoms with Gasteiger partial charge in [-0.1, -0.05) is 18.6 Å². The highest BCUT2D eigenvalue weighted by Gasteiger charge is 2.15. The van der Waals surface area contributed by atoms with Gasteiger partial charge >= 0.3 is 0 Å². The molecule has 6 nitrogen and oxygen atoms in total. The van der Waals surface area contributed by atoms with Gasteiger partial charge < -0.3 is 4.74 Å². The number of carbonyl (C=O) groups is 1. The molecule has 1 aliphatic heterocycles. The Balaban J connectivity index is 1.71. The van der Waals surface area contributed by atoms with E-state index in [0.717, 1.165) is 36.5 Å². The summed E-state index contributed by atoms with van der Waals surface area (Å²) in [4.78, 5) is 18.5. The number of rotatable bonds is 7. The maximum Gasteiger partial charge on any atom is 0.271 e. The van der Waals surface area contributed by atoms with Crippen molar-refractivity contribution in [2.75, 3.05) is 19.7 Å². The molecule has 1 amide bonds. The highest BCUT2D eigenvalue weighted by Crippen LogP contribution is 2.25. The van der Waals surface area contributed by atoms with Gasteiger partial charge in [0.1, 0.15) is 5.75 Å². The number of amides is 1. The fourth-order valence-corrected chi connectivity index (χ4v) is 3.24. The number of benzene rings is 1. The first-order valence-electron chi connectivity index (χ1n) is 9.48. The second-order valence-corrected chi connectivity index (χ2v) is 6.54. The molecule has 2 heterocycles. The molecule has 1 fully saturated rings. The normalized spacial score (nSPS) is 15.0. The third kappa shape index (κ3) is 5.37. The second kappa shape index (κ2) is 9.83. The lowest BCUT2D eigenvalue weighted by Crippen LogP contribution is -2.29. The molecule has 0 saturated carbocycles. The summed E-state index contributed by atoms with van der Waals surface area (Å²) in [6.07, 6.45) is 8.63. The highest BCUT2D eigenvalue weighted by atomic mass is 16.5. The molecule has 1 saturated heterocycles. The number of para-hydroxylation sites is 1. The summed E-state index contributed by atoms with van der Waals surface area (Å²) in [5.41, 5.74) is 5.09. The Morgan fingerprint density at radius 3 is 2.74 bits per heavy atom. The van der Waals surface area contributed by atoms with E-state index >= 15 is 0 Å². The van der Waals surface area contributed by atoms with Crippen LogP contribution in [0.25, 0.3) is 0 Å². The summed E-state index contributed by atoms with van der Waals surface area (Å²) < 4.78 is 5.91. The fraction of sp³-hybridized carbons (Fsp3) is 0.381. The molecule has 1 N–H and O–H groups in total. The van der Waals surface area contributed by atoms with E-state index in [2.05, 4.69) is 26.5 Å². The van der Waals surface area contributed by atoms with Crippen molar-refractivity contribution in [2.24, 2.45) is 5.10 Å². The molecule has 0 radical (unpaired) electrons. The smallest absolute Gasteiger partial charge is 0.271 e. The van der Waals surface area contributed by atoms with E-state index in [4.69, 9.17) is 4.74 Å². The zero-order chi connectivity index (χ0) is 18.9. The van der Waals surface area contributed by atoms with Crippen molar-refractivity contribution in [3.05, 3.63) is 59.4 Å². The van der Waals surface area contributed by atoms with E-state index in [1.54, 1.807) is 30.7 Å². The lowest BCUT2D eigenvalue weighted by Gasteiger charge is -2.27. The Morgan fingerprint density at radius 1 is 1.22 bits per heavy atom. The predicted octanol–water partition coefficient (Wildman–Crippen LogP) is 3.23. The first-order valence-corrected chi connectivity index (χ1v) is 9.48. The highest BCUT2D eigenvalue weighted by molar-refractivity contribution is 5.95. The minimum absolute atomic E-state index is 0.268. The Hall–Kier alpha value is -2.73. The quantitative estimate of drug-likeness (QED) is 0.603. The number of hydrogen-bond acceptors (Lipinski definition) is 5. The third-order valence-corrected chi connectivity index (χ3v) is 4.57. The van der Waals surface area contributed by atoms with Gasteiger partial charge in [-0.2, -0.15) is 5.10 Å². The number of piperidine rings is 1. The van der Waals surface area contributed by atoms with Gasteiger partial charge in [0.05, 0.1) is 12.8 Å². The lowest BCUT2D eigenvalue weighted by molar-refractivity contribution is 0.0955. The van der Waals surface area contributed by atoms with Gasteiger partial charge in [-0.25, -0.2) is 5.43 Å². The van der Waals surface area contributed by atoms with Crippen molar-refractivity contribution in [3.8, 4) is 5.75 Å². The Kier molecular flexibility index (Phi) is 6.93. The fourth-order valence-electron chi connectivity index (χ4n) is 3.24. The van der Waals surface area contributed by atoms with E-state index in [9.17, 15) is 4.79 Å². The molecular formula is C21H26N4O2. The van der Waals surface area contributed by atoms with E-state index < -0.39 is 0 Å². The first kappa shape index (κ1) is 19.0. The Labute approximate surface area is 160 Å². The monoisotopic (exact) mass is 366 g/mol. The number of nitrogens with one attached hydrogen (secondary N) is 1. The Bertz CT molecular complexity index is 771. The van der Waals surface area contributed by atoms with E-state index in [-0.39, 0.29) is 5.91 Å². The van der Waals surface area contributed by atoms with E-state index in [0.29, 0.717) is 12.2 Å². The summed E-state index contributed by atoms with van der Waals surface area (Å²) in [6, 6.07) is 9.36. The van der Waals surface area contributed by atoms with Crippen LogP contribution < -0.4 is 10.2 Å². The van der Waals surface area contributed by atoms with Crippen molar-refractivity contribution >= 4 is 12.1 Å². The van der Waals surface area contributed by atoms with Crippen LogP contribution in [0.3, 0.4) is 0 Å². The predicted molar refractivity (Wildman–Crippen MR) is 106 cm³/mol. The molecule has 1 aromatic heterocycles. The number of carbonyl (C=O) groups excluding carboxylic acids is 1. The van der Waals surface area contributed by atoms with Crippen molar-refractivity contribution in [3.63, 3.8) is 0 Å². The van der Waals surface area contributed by atoms with Crippen molar-refractivity contribution in [1.82, 2.24) is 15.3 Å². The summed E-state index contributed by atoms with van der Waals surface area (Å²) in [6.45, 7) is 5.70. The lowest BCUT2D eigenvalue weighted by atomic mass is 10.1. The third-order valence-electron chi connectivity index (χ3n) is 4.57. The number of hydrogen-bond donors (Lipinski definition) is 1. The van der Waals surface area contributed by atoms with Gasteiger partial charge in [0.2, 0.25) is 0 Å². The van der Waals surface area contributed by atoms with Crippen LogP contribution in [0.2, 0.25) is 0 Å². The van der Waals surface area contributed by atoms with Crippen LogP contribution in [-0.4, -0.2) is 41.7 Å². The van der Waals surface area contributed by atoms with Gasteiger partial charge in [0.15, 0.2) is 0 Å². The van der Waals surface area contributed by atoms with Gasteiger partial charge in [-0.15, -0.1) is 0 Å². The van der Waals surface area contributed by atoms with E-state index in [1.807, 2.05) is 19.1 Å². The van der Waals surface area contributed by atoms with Gasteiger partial charge in [-0.05, 0) is 51.1 Å². The molecule has 0 bridgehead atoms. The number of aromatic nitrogens is 1. The number of likely N-dealkylation sites (tertiary alicyclic amines) is 1. The van der Waals surface area contributed by atoms with Crippen molar-refractivity contribution in [1.29, 1.82) is 0 Å². The summed E-state index contributed by atoms with van der Waals surface area (Å²) in [7, 11) is 0.